The van der Waals surface area contributed by atoms with Crippen molar-refractivity contribution in [3.05, 3.63) is 88.4 Å². The summed E-state index contributed by atoms with van der Waals surface area (Å²) >= 11 is 0. The van der Waals surface area contributed by atoms with Gasteiger partial charge in [0.1, 0.15) is 6.61 Å². The number of ether oxygens (including phenoxy) is 1. The van der Waals surface area contributed by atoms with Gasteiger partial charge in [0.05, 0.1) is 36.7 Å². The lowest BCUT2D eigenvalue weighted by Crippen LogP contribution is -2.45. The first-order valence-corrected chi connectivity index (χ1v) is 17.4. The summed E-state index contributed by atoms with van der Waals surface area (Å²) in [5.41, 5.74) is 10.3. The highest BCUT2D eigenvalue weighted by molar-refractivity contribution is 5.98. The zero-order valence-electron chi connectivity index (χ0n) is 29.2. The van der Waals surface area contributed by atoms with Crippen molar-refractivity contribution in [2.24, 2.45) is 17.4 Å². The summed E-state index contributed by atoms with van der Waals surface area (Å²) in [5.74, 6) is -7.59. The largest absolute Gasteiger partial charge is 0.480 e. The normalized spacial score (nSPS) is 13.7. The van der Waals surface area contributed by atoms with Crippen LogP contribution in [0.25, 0.3) is 0 Å². The van der Waals surface area contributed by atoms with E-state index in [4.69, 9.17) is 16.2 Å². The first-order valence-electron chi connectivity index (χ1n) is 17.4. The van der Waals surface area contributed by atoms with Crippen LogP contribution in [0.2, 0.25) is 0 Å². The van der Waals surface area contributed by atoms with E-state index in [1.807, 2.05) is 0 Å². The Kier molecular flexibility index (Phi) is 17.7. The minimum Gasteiger partial charge on any atom is -0.480 e. The fourth-order valence-corrected chi connectivity index (χ4v) is 5.53. The second-order valence-electron chi connectivity index (χ2n) is 12.4. The third kappa shape index (κ3) is 13.5. The third-order valence-corrected chi connectivity index (χ3v) is 8.49. The number of hydrogen-bond acceptors (Lipinski definition) is 10. The predicted molar refractivity (Wildman–Crippen MR) is 185 cm³/mol. The second-order valence-corrected chi connectivity index (χ2v) is 12.4. The van der Waals surface area contributed by atoms with Gasteiger partial charge in [0.15, 0.2) is 29.0 Å². The number of carbonyl (C=O) groups is 4. The molecule has 2 heterocycles. The van der Waals surface area contributed by atoms with Crippen LogP contribution in [0.5, 0.6) is 5.75 Å². The molecule has 0 spiro atoms. The van der Waals surface area contributed by atoms with E-state index in [0.29, 0.717) is 50.9 Å². The highest BCUT2D eigenvalue weighted by atomic mass is 19.2. The fraction of sp³-hybridized carbons (Fsp3) is 0.472. The fourth-order valence-electron chi connectivity index (χ4n) is 5.53. The zero-order valence-corrected chi connectivity index (χ0v) is 29.2. The van der Waals surface area contributed by atoms with Crippen LogP contribution in [0, 0.1) is 29.2 Å². The van der Waals surface area contributed by atoms with Crippen molar-refractivity contribution in [1.29, 1.82) is 0 Å². The number of Topliss-reactive ketones (excluding diaryl/α,β-unsaturated/α-hetero) is 2. The molecule has 6 N–H and O–H groups in total. The number of nitrogens with one attached hydrogen (secondary N) is 2. The average molecular weight is 748 g/mol. The summed E-state index contributed by atoms with van der Waals surface area (Å²) in [6.07, 6.45) is 11.8. The number of hydrogen-bond donors (Lipinski definition) is 4. The van der Waals surface area contributed by atoms with Gasteiger partial charge in [-0.2, -0.15) is 8.78 Å². The van der Waals surface area contributed by atoms with Gasteiger partial charge in [0, 0.05) is 18.3 Å². The molecule has 1 saturated carbocycles. The number of amides is 2. The minimum atomic E-state index is -1.52. The average Bonchev–Trinajstić information content (AvgIpc) is 3.70. The van der Waals surface area contributed by atoms with Gasteiger partial charge in [-0.05, 0) is 88.7 Å². The Morgan fingerprint density at radius 1 is 0.830 bits per heavy atom. The van der Waals surface area contributed by atoms with Crippen LogP contribution in [-0.4, -0.2) is 69.7 Å². The van der Waals surface area contributed by atoms with Gasteiger partial charge < -0.3 is 26.8 Å². The summed E-state index contributed by atoms with van der Waals surface area (Å²) in [7, 11) is 0. The molecule has 0 radical (unpaired) electrons. The van der Waals surface area contributed by atoms with Crippen LogP contribution in [0.1, 0.15) is 74.6 Å². The van der Waals surface area contributed by atoms with Crippen LogP contribution < -0.4 is 32.4 Å². The molecule has 288 valence electrons. The standard InChI is InChI=1S/C19H20F3N3O3.C17H25FN4O3/c20-13-6-7-14(21)18(17(13)22)28-11-16(26)15(5-1-2-8-23)25-19(27)12-4-3-9-24-10-12;18-13-9-20-11-22(17(13)25)10-15(23)14(7-3-4-8-19)21-16(24)12-5-1-2-6-12/h3-4,6-7,9-10,15H,1-2,5,8,11,23H2,(H,25,27);9,11-12,14H,1-8,10,19H2,(H,21,24). The Balaban J connectivity index is 0.000000287. The molecule has 17 heteroatoms. The van der Waals surface area contributed by atoms with Crippen molar-refractivity contribution in [2.45, 2.75) is 82.8 Å². The number of ketones is 2. The molecule has 2 amide bonds. The van der Waals surface area contributed by atoms with Crippen LogP contribution in [0.4, 0.5) is 17.6 Å². The lowest BCUT2D eigenvalue weighted by Gasteiger charge is -2.20. The maximum absolute atomic E-state index is 13.7. The third-order valence-electron chi connectivity index (χ3n) is 8.49. The summed E-state index contributed by atoms with van der Waals surface area (Å²) < 4.78 is 59.6. The van der Waals surface area contributed by atoms with Gasteiger partial charge in [-0.3, -0.25) is 33.5 Å². The van der Waals surface area contributed by atoms with Gasteiger partial charge in [-0.15, -0.1) is 0 Å². The lowest BCUT2D eigenvalue weighted by atomic mass is 10.0. The first kappa shape index (κ1) is 42.4. The quantitative estimate of drug-likeness (QED) is 0.0802. The molecule has 1 aliphatic carbocycles. The smallest absolute Gasteiger partial charge is 0.289 e. The predicted octanol–water partition coefficient (Wildman–Crippen LogP) is 3.13. The number of carbonyl (C=O) groups excluding carboxylic acids is 4. The molecule has 1 aromatic carbocycles. The van der Waals surface area contributed by atoms with E-state index < -0.39 is 65.0 Å². The van der Waals surface area contributed by atoms with Crippen molar-refractivity contribution < 1.29 is 41.5 Å². The molecule has 53 heavy (non-hydrogen) atoms. The number of halogens is 4. The van der Waals surface area contributed by atoms with Crippen LogP contribution in [0.15, 0.2) is 54.0 Å². The number of pyridine rings is 1. The Hall–Kier alpha value is -5.03. The Morgan fingerprint density at radius 2 is 1.47 bits per heavy atom. The Morgan fingerprint density at radius 3 is 2.09 bits per heavy atom. The summed E-state index contributed by atoms with van der Waals surface area (Å²) in [4.78, 5) is 68.8. The number of unbranched alkanes of at least 4 members (excludes halogenated alkanes) is 2. The first-order chi connectivity index (χ1) is 25.5. The van der Waals surface area contributed by atoms with Crippen molar-refractivity contribution in [2.75, 3.05) is 19.7 Å². The molecule has 1 fully saturated rings. The number of nitrogens with two attached hydrogens (primary N) is 2. The topological polar surface area (TPSA) is 201 Å². The molecule has 0 saturated heterocycles. The highest BCUT2D eigenvalue weighted by Crippen LogP contribution is 2.25. The second kappa shape index (κ2) is 22.1. The van der Waals surface area contributed by atoms with Crippen LogP contribution >= 0.6 is 0 Å². The molecule has 0 aliphatic heterocycles. The monoisotopic (exact) mass is 747 g/mol. The van der Waals surface area contributed by atoms with Gasteiger partial charge in [-0.1, -0.05) is 12.8 Å². The van der Waals surface area contributed by atoms with Gasteiger partial charge >= 0.3 is 0 Å². The lowest BCUT2D eigenvalue weighted by molar-refractivity contribution is -0.130. The number of aromatic nitrogens is 3. The van der Waals surface area contributed by atoms with E-state index in [1.54, 1.807) is 6.07 Å². The molecule has 2 atom stereocenters. The maximum atomic E-state index is 13.7. The molecule has 1 aliphatic rings. The molecule has 13 nitrogen and oxygen atoms in total. The Bertz CT molecular complexity index is 1720. The molecule has 4 rings (SSSR count). The summed E-state index contributed by atoms with van der Waals surface area (Å²) in [6.45, 7) is -0.141. The summed E-state index contributed by atoms with van der Waals surface area (Å²) in [6, 6.07) is 2.74. The molecule has 2 unspecified atom stereocenters. The van der Waals surface area contributed by atoms with Gasteiger partial charge in [-0.25, -0.2) is 13.8 Å². The zero-order chi connectivity index (χ0) is 38.8. The maximum Gasteiger partial charge on any atom is 0.289 e. The van der Waals surface area contributed by atoms with Crippen molar-refractivity contribution in [1.82, 2.24) is 25.2 Å². The van der Waals surface area contributed by atoms with E-state index >= 15 is 0 Å². The van der Waals surface area contributed by atoms with Crippen molar-refractivity contribution in [3.8, 4) is 5.75 Å². The summed E-state index contributed by atoms with van der Waals surface area (Å²) in [5, 5.41) is 5.37. The molecular weight excluding hydrogens is 702 g/mol. The number of benzene rings is 1. The van der Waals surface area contributed by atoms with E-state index in [2.05, 4.69) is 20.6 Å². The SMILES string of the molecule is NCCCCC(NC(=O)C1CCCC1)C(=O)Cn1cncc(F)c1=O.NCCCCC(NC(=O)c1cccnc1)C(=O)COc1c(F)ccc(F)c1F. The number of nitrogens with zero attached hydrogens (tertiary/aromatic N) is 3. The van der Waals surface area contributed by atoms with Crippen LogP contribution in [-0.2, 0) is 20.9 Å². The van der Waals surface area contributed by atoms with Crippen molar-refractivity contribution >= 4 is 23.4 Å². The van der Waals surface area contributed by atoms with E-state index in [0.717, 1.165) is 49.2 Å². The van der Waals surface area contributed by atoms with Crippen molar-refractivity contribution in [3.63, 3.8) is 0 Å². The Labute approximate surface area is 303 Å². The highest BCUT2D eigenvalue weighted by Gasteiger charge is 2.28. The minimum absolute atomic E-state index is 0.0524. The van der Waals surface area contributed by atoms with Gasteiger partial charge in [0.2, 0.25) is 17.5 Å². The van der Waals surface area contributed by atoms with Gasteiger partial charge in [0.25, 0.3) is 11.5 Å². The number of rotatable bonds is 19. The van der Waals surface area contributed by atoms with E-state index in [-0.39, 0.29) is 36.1 Å². The molecule has 0 bridgehead atoms. The molecule has 2 aromatic heterocycles. The van der Waals surface area contributed by atoms with E-state index in [9.17, 15) is 41.5 Å². The van der Waals surface area contributed by atoms with E-state index in [1.165, 1.54) is 18.5 Å². The van der Waals surface area contributed by atoms with Crippen LogP contribution in [0.3, 0.4) is 0 Å². The molecular formula is C36H45F4N7O6. The molecule has 3 aromatic rings.